The van der Waals surface area contributed by atoms with E-state index in [1.165, 1.54) is 17.3 Å². The summed E-state index contributed by atoms with van der Waals surface area (Å²) in [5.74, 6) is 1.11. The molecule has 6 heteroatoms. The summed E-state index contributed by atoms with van der Waals surface area (Å²) in [6.45, 7) is 0. The van der Waals surface area contributed by atoms with Crippen molar-refractivity contribution in [2.75, 3.05) is 7.11 Å². The predicted octanol–water partition coefficient (Wildman–Crippen LogP) is 4.36. The summed E-state index contributed by atoms with van der Waals surface area (Å²) < 4.78 is 5.42. The van der Waals surface area contributed by atoms with E-state index >= 15 is 0 Å². The Morgan fingerprint density at radius 1 is 1.21 bits per heavy atom. The lowest BCUT2D eigenvalue weighted by Crippen LogP contribution is -2.20. The molecule has 3 aromatic rings. The van der Waals surface area contributed by atoms with E-state index in [9.17, 15) is 4.79 Å². The van der Waals surface area contributed by atoms with Crippen LogP contribution in [-0.4, -0.2) is 29.2 Å². The zero-order chi connectivity index (χ0) is 19.8. The van der Waals surface area contributed by atoms with E-state index in [1.54, 1.807) is 13.3 Å². The third kappa shape index (κ3) is 3.63. The second-order valence-corrected chi connectivity index (χ2v) is 8.14. The number of ether oxygens (including phenoxy) is 1. The summed E-state index contributed by atoms with van der Waals surface area (Å²) in [6.07, 6.45) is 4.64. The predicted molar refractivity (Wildman–Crippen MR) is 117 cm³/mol. The topological polar surface area (TPSA) is 63.6 Å². The minimum Gasteiger partial charge on any atom is -0.496 e. The van der Waals surface area contributed by atoms with E-state index in [0.29, 0.717) is 16.0 Å². The molecule has 1 aliphatic heterocycles. The van der Waals surface area contributed by atoms with Crippen LogP contribution < -0.4 is 10.1 Å². The highest BCUT2D eigenvalue weighted by Crippen LogP contribution is 2.44. The highest BCUT2D eigenvalue weighted by Gasteiger charge is 2.39. The van der Waals surface area contributed by atoms with Gasteiger partial charge in [-0.3, -0.25) is 14.8 Å². The molecule has 0 bridgehead atoms. The van der Waals surface area contributed by atoms with Gasteiger partial charge in [-0.05, 0) is 53.6 Å². The minimum absolute atomic E-state index is 0.107. The fraction of sp³-hybridized carbons (Fsp3) is 0.174. The molecule has 1 aliphatic carbocycles. The van der Waals surface area contributed by atoms with Gasteiger partial charge in [-0.1, -0.05) is 36.4 Å². The van der Waals surface area contributed by atoms with Gasteiger partial charge in [-0.15, -0.1) is 0 Å². The molecular formula is C23H19N3O2S. The van der Waals surface area contributed by atoms with Gasteiger partial charge in [0, 0.05) is 17.5 Å². The first kappa shape index (κ1) is 17.9. The maximum atomic E-state index is 12.4. The van der Waals surface area contributed by atoms with Crippen molar-refractivity contribution in [2.24, 2.45) is 4.99 Å². The normalized spacial score (nSPS) is 23.6. The molecule has 0 radical (unpaired) electrons. The van der Waals surface area contributed by atoms with Crippen molar-refractivity contribution < 1.29 is 9.53 Å². The molecule has 1 amide bonds. The average molecular weight is 401 g/mol. The number of nitrogens with zero attached hydrogens (tertiary/aromatic N) is 2. The molecule has 1 saturated carbocycles. The Morgan fingerprint density at radius 3 is 2.90 bits per heavy atom. The number of nitrogens with one attached hydrogen (secondary N) is 1. The van der Waals surface area contributed by atoms with Gasteiger partial charge in [0.25, 0.3) is 5.91 Å². The molecule has 144 valence electrons. The zero-order valence-electron chi connectivity index (χ0n) is 15.8. The van der Waals surface area contributed by atoms with Crippen molar-refractivity contribution in [3.8, 4) is 5.75 Å². The number of pyridine rings is 1. The van der Waals surface area contributed by atoms with Gasteiger partial charge in [0.1, 0.15) is 5.75 Å². The Hall–Kier alpha value is -3.12. The monoisotopic (exact) mass is 401 g/mol. The maximum Gasteiger partial charge on any atom is 0.264 e. The molecule has 1 saturated heterocycles. The molecule has 0 spiro atoms. The zero-order valence-corrected chi connectivity index (χ0v) is 16.6. The number of aromatic nitrogens is 1. The highest BCUT2D eigenvalue weighted by atomic mass is 32.2. The number of amidine groups is 1. The number of hydrogen-bond donors (Lipinski definition) is 1. The van der Waals surface area contributed by atoms with Crippen molar-refractivity contribution in [3.05, 3.63) is 76.8 Å². The number of fused-ring (bicyclic) bond motifs is 1. The molecule has 29 heavy (non-hydrogen) atoms. The van der Waals surface area contributed by atoms with Crippen molar-refractivity contribution in [1.82, 2.24) is 10.3 Å². The molecule has 1 N–H and O–H groups in total. The molecule has 2 aromatic carbocycles. The van der Waals surface area contributed by atoms with E-state index in [-0.39, 0.29) is 11.9 Å². The third-order valence-corrected chi connectivity index (χ3v) is 6.09. The molecule has 2 fully saturated rings. The summed E-state index contributed by atoms with van der Waals surface area (Å²) in [5, 5.41) is 4.50. The standard InChI is InChI=1S/C23H19N3O2S/c1-28-20-9-10-24-18-8-7-14(11-17(18)20)12-21-22(27)26-23(29-21)25-19-13-16(19)15-5-3-2-4-6-15/h2-12,16,19H,13H2,1H3,(H,25,26,27)/b21-12-/t16-,19+/m0/s1. The molecule has 5 nitrogen and oxygen atoms in total. The van der Waals surface area contributed by atoms with Crippen molar-refractivity contribution in [2.45, 2.75) is 18.4 Å². The Balaban J connectivity index is 1.35. The first-order chi connectivity index (χ1) is 14.2. The Bertz CT molecular complexity index is 1160. The first-order valence-electron chi connectivity index (χ1n) is 9.47. The summed E-state index contributed by atoms with van der Waals surface area (Å²) in [5.41, 5.74) is 3.10. The lowest BCUT2D eigenvalue weighted by atomic mass is 10.1. The number of thioether (sulfide) groups is 1. The second kappa shape index (κ2) is 7.37. The molecular weight excluding hydrogens is 382 g/mol. The second-order valence-electron chi connectivity index (χ2n) is 7.11. The largest absolute Gasteiger partial charge is 0.496 e. The molecule has 1 aromatic heterocycles. The maximum absolute atomic E-state index is 12.4. The average Bonchev–Trinajstić information content (AvgIpc) is 3.43. The van der Waals surface area contributed by atoms with Crippen LogP contribution in [0.4, 0.5) is 0 Å². The summed E-state index contributed by atoms with van der Waals surface area (Å²) >= 11 is 1.40. The van der Waals surface area contributed by atoms with Crippen LogP contribution in [0.3, 0.4) is 0 Å². The van der Waals surface area contributed by atoms with E-state index in [2.05, 4.69) is 34.6 Å². The van der Waals surface area contributed by atoms with Gasteiger partial charge in [0.05, 0.1) is 23.6 Å². The number of amides is 1. The van der Waals surface area contributed by atoms with E-state index < -0.39 is 0 Å². The summed E-state index contributed by atoms with van der Waals surface area (Å²) in [7, 11) is 1.64. The fourth-order valence-corrected chi connectivity index (χ4v) is 4.46. The summed E-state index contributed by atoms with van der Waals surface area (Å²) in [4.78, 5) is 22.2. The Labute approximate surface area is 172 Å². The lowest BCUT2D eigenvalue weighted by molar-refractivity contribution is -0.115. The van der Waals surface area contributed by atoms with Crippen LogP contribution in [-0.2, 0) is 4.79 Å². The number of carbonyl (C=O) groups excluding carboxylic acids is 1. The van der Waals surface area contributed by atoms with Gasteiger partial charge in [0.15, 0.2) is 5.17 Å². The van der Waals surface area contributed by atoms with E-state index in [4.69, 9.17) is 9.73 Å². The van der Waals surface area contributed by atoms with Crippen LogP contribution in [0, 0.1) is 0 Å². The lowest BCUT2D eigenvalue weighted by Gasteiger charge is -2.05. The van der Waals surface area contributed by atoms with Gasteiger partial charge in [0.2, 0.25) is 0 Å². The molecule has 2 aliphatic rings. The third-order valence-electron chi connectivity index (χ3n) is 5.16. The Morgan fingerprint density at radius 2 is 2.07 bits per heavy atom. The minimum atomic E-state index is -0.107. The van der Waals surface area contributed by atoms with Crippen molar-refractivity contribution in [3.63, 3.8) is 0 Å². The number of benzene rings is 2. The first-order valence-corrected chi connectivity index (χ1v) is 10.3. The quantitative estimate of drug-likeness (QED) is 0.660. The van der Waals surface area contributed by atoms with Crippen LogP contribution >= 0.6 is 11.8 Å². The molecule has 2 atom stereocenters. The SMILES string of the molecule is COc1ccnc2ccc(/C=C3\SC(=N[C@@H]4C[C@H]4c4ccccc4)NC3=O)cc12. The number of carbonyl (C=O) groups is 1. The number of aliphatic imine (C=N–C) groups is 1. The van der Waals surface area contributed by atoms with E-state index in [1.807, 2.05) is 36.4 Å². The molecule has 2 heterocycles. The smallest absolute Gasteiger partial charge is 0.264 e. The summed E-state index contributed by atoms with van der Waals surface area (Å²) in [6, 6.07) is 18.4. The van der Waals surface area contributed by atoms with Crippen molar-refractivity contribution in [1.29, 1.82) is 0 Å². The number of hydrogen-bond acceptors (Lipinski definition) is 5. The highest BCUT2D eigenvalue weighted by molar-refractivity contribution is 8.18. The van der Waals surface area contributed by atoms with Crippen LogP contribution in [0.15, 0.2) is 70.7 Å². The number of rotatable bonds is 4. The van der Waals surface area contributed by atoms with Crippen LogP contribution in [0.2, 0.25) is 0 Å². The van der Waals surface area contributed by atoms with Gasteiger partial charge in [-0.25, -0.2) is 0 Å². The molecule has 0 unspecified atom stereocenters. The van der Waals surface area contributed by atoms with Gasteiger partial charge < -0.3 is 10.1 Å². The van der Waals surface area contributed by atoms with Crippen LogP contribution in [0.5, 0.6) is 5.75 Å². The molecule has 5 rings (SSSR count). The van der Waals surface area contributed by atoms with Gasteiger partial charge >= 0.3 is 0 Å². The fourth-order valence-electron chi connectivity index (χ4n) is 3.58. The number of methoxy groups -OCH3 is 1. The van der Waals surface area contributed by atoms with Gasteiger partial charge in [-0.2, -0.15) is 0 Å². The van der Waals surface area contributed by atoms with Crippen LogP contribution in [0.1, 0.15) is 23.5 Å². The van der Waals surface area contributed by atoms with E-state index in [0.717, 1.165) is 28.6 Å². The Kier molecular flexibility index (Phi) is 4.56. The van der Waals surface area contributed by atoms with Crippen molar-refractivity contribution >= 4 is 39.8 Å². The van der Waals surface area contributed by atoms with Crippen LogP contribution in [0.25, 0.3) is 17.0 Å².